The first-order chi connectivity index (χ1) is 13.1. The fourth-order valence-corrected chi connectivity index (χ4v) is 3.73. The van der Waals surface area contributed by atoms with Crippen LogP contribution in [0, 0.1) is 5.92 Å². The lowest BCUT2D eigenvalue weighted by atomic mass is 9.93. The molecule has 0 bridgehead atoms. The fourth-order valence-electron chi connectivity index (χ4n) is 3.57. The highest BCUT2D eigenvalue weighted by molar-refractivity contribution is 14.0. The summed E-state index contributed by atoms with van der Waals surface area (Å²) in [4.78, 5) is 11.0. The van der Waals surface area contributed by atoms with E-state index in [1.54, 1.807) is 0 Å². The average molecular weight is 518 g/mol. The predicted molar refractivity (Wildman–Crippen MR) is 125 cm³/mol. The van der Waals surface area contributed by atoms with E-state index >= 15 is 0 Å². The molecule has 6 nitrogen and oxygen atoms in total. The number of ether oxygens (including phenoxy) is 1. The Morgan fingerprint density at radius 3 is 2.93 bits per heavy atom. The molecule has 0 amide bonds. The number of guanidine groups is 1. The molecule has 2 heterocycles. The van der Waals surface area contributed by atoms with Crippen molar-refractivity contribution in [2.24, 2.45) is 10.9 Å². The normalized spacial score (nSPS) is 19.9. The van der Waals surface area contributed by atoms with Gasteiger partial charge in [0, 0.05) is 49.7 Å². The zero-order valence-corrected chi connectivity index (χ0v) is 19.7. The van der Waals surface area contributed by atoms with Crippen molar-refractivity contribution >= 4 is 41.5 Å². The van der Waals surface area contributed by atoms with Crippen LogP contribution in [-0.2, 0) is 6.54 Å². The minimum absolute atomic E-state index is 0. The van der Waals surface area contributed by atoms with E-state index in [0.717, 1.165) is 36.8 Å². The largest absolute Gasteiger partial charge is 0.493 e. The number of halogens is 2. The van der Waals surface area contributed by atoms with Crippen LogP contribution < -0.4 is 10.1 Å². The summed E-state index contributed by atoms with van der Waals surface area (Å²) in [5.41, 5.74) is 1.07. The van der Waals surface area contributed by atoms with E-state index in [0.29, 0.717) is 30.1 Å². The van der Waals surface area contributed by atoms with Gasteiger partial charge in [-0.2, -0.15) is 0 Å². The molecule has 8 heteroatoms. The Kier molecular flexibility index (Phi) is 8.88. The van der Waals surface area contributed by atoms with Gasteiger partial charge in [0.15, 0.2) is 5.96 Å². The lowest BCUT2D eigenvalue weighted by molar-refractivity contribution is 0.189. The summed E-state index contributed by atoms with van der Waals surface area (Å²) in [6.45, 7) is 7.43. The van der Waals surface area contributed by atoms with Crippen molar-refractivity contribution in [2.45, 2.75) is 32.9 Å². The molecule has 3 rings (SSSR count). The molecule has 1 saturated heterocycles. The highest BCUT2D eigenvalue weighted by Gasteiger charge is 2.28. The second-order valence-corrected chi connectivity index (χ2v) is 7.31. The summed E-state index contributed by atoms with van der Waals surface area (Å²) in [5.74, 6) is 2.33. The number of hydrogen-bond donors (Lipinski definition) is 1. The van der Waals surface area contributed by atoms with E-state index in [2.05, 4.69) is 31.7 Å². The maximum absolute atomic E-state index is 6.10. The molecular weight excluding hydrogens is 489 g/mol. The minimum Gasteiger partial charge on any atom is -0.493 e. The first-order valence-corrected chi connectivity index (χ1v) is 9.84. The molecule has 0 radical (unpaired) electrons. The number of likely N-dealkylation sites (tertiary alicyclic amines) is 1. The second kappa shape index (κ2) is 10.9. The van der Waals surface area contributed by atoms with E-state index in [1.165, 1.54) is 0 Å². The van der Waals surface area contributed by atoms with Crippen LogP contribution in [0.3, 0.4) is 0 Å². The summed E-state index contributed by atoms with van der Waals surface area (Å²) < 4.78 is 7.93. The predicted octanol–water partition coefficient (Wildman–Crippen LogP) is 4.21. The highest BCUT2D eigenvalue weighted by Crippen LogP contribution is 2.28. The number of piperidine rings is 1. The highest BCUT2D eigenvalue weighted by atomic mass is 127. The summed E-state index contributed by atoms with van der Waals surface area (Å²) in [7, 11) is 1.83. The molecule has 28 heavy (non-hydrogen) atoms. The Bertz CT molecular complexity index is 768. The molecule has 2 aromatic rings. The first-order valence-electron chi connectivity index (χ1n) is 9.46. The second-order valence-electron chi connectivity index (χ2n) is 6.88. The van der Waals surface area contributed by atoms with Crippen LogP contribution in [0.15, 0.2) is 41.9 Å². The molecule has 0 aliphatic carbocycles. The minimum atomic E-state index is 0. The number of nitrogens with zero attached hydrogens (tertiary/aromatic N) is 4. The molecular formula is C20H29ClIN5O. The fraction of sp³-hybridized carbons (Fsp3) is 0.500. The van der Waals surface area contributed by atoms with Crippen molar-refractivity contribution in [3.63, 3.8) is 0 Å². The molecule has 0 spiro atoms. The van der Waals surface area contributed by atoms with E-state index in [1.807, 2.05) is 50.9 Å². The number of rotatable bonds is 5. The molecule has 1 aliphatic heterocycles. The van der Waals surface area contributed by atoms with Crippen LogP contribution >= 0.6 is 35.6 Å². The van der Waals surface area contributed by atoms with Gasteiger partial charge in [0.1, 0.15) is 5.75 Å². The maximum Gasteiger partial charge on any atom is 0.193 e. The van der Waals surface area contributed by atoms with Crippen LogP contribution in [-0.4, -0.2) is 47.2 Å². The van der Waals surface area contributed by atoms with Crippen LogP contribution in [0.5, 0.6) is 5.75 Å². The summed E-state index contributed by atoms with van der Waals surface area (Å²) in [6, 6.07) is 6.15. The Labute approximate surface area is 189 Å². The van der Waals surface area contributed by atoms with Gasteiger partial charge in [0.05, 0.1) is 19.0 Å². The number of nitrogens with one attached hydrogen (secondary N) is 1. The van der Waals surface area contributed by atoms with Gasteiger partial charge in [0.2, 0.25) is 0 Å². The monoisotopic (exact) mass is 517 g/mol. The van der Waals surface area contributed by atoms with Gasteiger partial charge in [-0.3, -0.25) is 4.99 Å². The van der Waals surface area contributed by atoms with E-state index in [4.69, 9.17) is 16.3 Å². The number of aliphatic imine (C=N–C) groups is 1. The molecule has 1 aromatic carbocycles. The molecule has 1 N–H and O–H groups in total. The Balaban J connectivity index is 0.00000280. The van der Waals surface area contributed by atoms with Crippen molar-refractivity contribution in [1.29, 1.82) is 0 Å². The van der Waals surface area contributed by atoms with Crippen LogP contribution in [0.1, 0.15) is 31.9 Å². The maximum atomic E-state index is 6.10. The standard InChI is InChI=1S/C20H28ClN5O.HI/c1-4-27-19-11-17(21)6-5-16(19)12-24-20(22-3)25-9-7-15(2)18(13-25)26-10-8-23-14-26;/h5-6,8,10-11,14-15,18H,4,7,9,12-13H2,1-3H3,(H,22,24);1H. The smallest absolute Gasteiger partial charge is 0.193 e. The number of hydrogen-bond acceptors (Lipinski definition) is 3. The third-order valence-electron chi connectivity index (χ3n) is 5.10. The van der Waals surface area contributed by atoms with Gasteiger partial charge in [-0.05, 0) is 31.4 Å². The van der Waals surface area contributed by atoms with Crippen molar-refractivity contribution in [3.05, 3.63) is 47.5 Å². The van der Waals surface area contributed by atoms with Crippen molar-refractivity contribution in [1.82, 2.24) is 19.8 Å². The van der Waals surface area contributed by atoms with Gasteiger partial charge < -0.3 is 19.5 Å². The van der Waals surface area contributed by atoms with Gasteiger partial charge in [0.25, 0.3) is 0 Å². The Morgan fingerprint density at radius 2 is 2.25 bits per heavy atom. The van der Waals surface area contributed by atoms with Crippen molar-refractivity contribution in [2.75, 3.05) is 26.7 Å². The van der Waals surface area contributed by atoms with Gasteiger partial charge in [-0.1, -0.05) is 24.6 Å². The van der Waals surface area contributed by atoms with Crippen LogP contribution in [0.2, 0.25) is 5.02 Å². The summed E-state index contributed by atoms with van der Waals surface area (Å²) in [5, 5.41) is 4.16. The van der Waals surface area contributed by atoms with Crippen molar-refractivity contribution in [3.8, 4) is 5.75 Å². The number of benzene rings is 1. The molecule has 2 unspecified atom stereocenters. The number of aromatic nitrogens is 2. The SMILES string of the molecule is CCOc1cc(Cl)ccc1CNC(=NC)N1CCC(C)C(n2ccnc2)C1.I. The molecule has 2 atom stereocenters. The van der Waals surface area contributed by atoms with E-state index in [9.17, 15) is 0 Å². The van der Waals surface area contributed by atoms with Crippen molar-refractivity contribution < 1.29 is 4.74 Å². The van der Waals surface area contributed by atoms with Gasteiger partial charge >= 0.3 is 0 Å². The Morgan fingerprint density at radius 1 is 1.43 bits per heavy atom. The van der Waals surface area contributed by atoms with Gasteiger partial charge in [-0.25, -0.2) is 4.98 Å². The quantitative estimate of drug-likeness (QED) is 0.367. The summed E-state index contributed by atoms with van der Waals surface area (Å²) in [6.07, 6.45) is 6.91. The molecule has 1 aliphatic rings. The van der Waals surface area contributed by atoms with Gasteiger partial charge in [-0.15, -0.1) is 24.0 Å². The molecule has 1 fully saturated rings. The topological polar surface area (TPSA) is 54.7 Å². The molecule has 154 valence electrons. The molecule has 0 saturated carbocycles. The van der Waals surface area contributed by atoms with E-state index in [-0.39, 0.29) is 24.0 Å². The summed E-state index contributed by atoms with van der Waals surface area (Å²) >= 11 is 6.10. The average Bonchev–Trinajstić information content (AvgIpc) is 3.19. The van der Waals surface area contributed by atoms with Crippen LogP contribution in [0.25, 0.3) is 0 Å². The lowest BCUT2D eigenvalue weighted by Crippen LogP contribution is -2.48. The lowest BCUT2D eigenvalue weighted by Gasteiger charge is -2.39. The third kappa shape index (κ3) is 5.53. The van der Waals surface area contributed by atoms with E-state index < -0.39 is 0 Å². The Hall–Kier alpha value is -1.48. The number of imidazole rings is 1. The zero-order valence-electron chi connectivity index (χ0n) is 16.6. The molecule has 1 aromatic heterocycles. The van der Waals surface area contributed by atoms with Crippen LogP contribution in [0.4, 0.5) is 0 Å². The zero-order chi connectivity index (χ0) is 19.2. The first kappa shape index (κ1) is 22.8. The third-order valence-corrected chi connectivity index (χ3v) is 5.34.